The predicted octanol–water partition coefficient (Wildman–Crippen LogP) is 3.23. The molecule has 4 rings (SSSR count). The van der Waals surface area contributed by atoms with Gasteiger partial charge in [-0.15, -0.1) is 0 Å². The van der Waals surface area contributed by atoms with Gasteiger partial charge in [-0.05, 0) is 57.0 Å². The monoisotopic (exact) mass is 396 g/mol. The highest BCUT2D eigenvalue weighted by Gasteiger charge is 2.23. The van der Waals surface area contributed by atoms with Crippen molar-refractivity contribution in [2.45, 2.75) is 38.8 Å². The molecule has 1 fully saturated rings. The highest BCUT2D eigenvalue weighted by atomic mass is 19.1. The van der Waals surface area contributed by atoms with Gasteiger partial charge in [0.15, 0.2) is 0 Å². The lowest BCUT2D eigenvalue weighted by Crippen LogP contribution is -2.37. The highest BCUT2D eigenvalue weighted by molar-refractivity contribution is 5.93. The van der Waals surface area contributed by atoms with Gasteiger partial charge in [-0.25, -0.2) is 9.37 Å². The number of hydrogen-bond acceptors (Lipinski definition) is 4. The number of carbonyl (C=O) groups is 1. The maximum atomic E-state index is 14.0. The third-order valence-corrected chi connectivity index (χ3v) is 5.54. The van der Waals surface area contributed by atoms with Gasteiger partial charge in [0.25, 0.3) is 5.91 Å². The Morgan fingerprint density at radius 3 is 2.76 bits per heavy atom. The van der Waals surface area contributed by atoms with Gasteiger partial charge in [0.05, 0.1) is 12.1 Å². The Hall–Kier alpha value is -2.93. The molecule has 2 aromatic heterocycles. The molecule has 3 aromatic rings. The molecule has 0 radical (unpaired) electrons. The van der Waals surface area contributed by atoms with Crippen molar-refractivity contribution in [2.24, 2.45) is 0 Å². The highest BCUT2D eigenvalue weighted by Crippen LogP contribution is 2.30. The molecule has 7 heteroatoms. The number of hydrogen-bond donors (Lipinski definition) is 2. The number of benzene rings is 1. The topological polar surface area (TPSA) is 69.9 Å². The number of carbonyl (C=O) groups excluding carboxylic acids is 1. The Morgan fingerprint density at radius 2 is 2.03 bits per heavy atom. The van der Waals surface area contributed by atoms with E-state index in [1.54, 1.807) is 12.3 Å². The van der Waals surface area contributed by atoms with Crippen LogP contribution in [0.15, 0.2) is 42.6 Å². The second-order valence-electron chi connectivity index (χ2n) is 7.64. The molecule has 1 amide bonds. The van der Waals surface area contributed by atoms with E-state index in [-0.39, 0.29) is 17.8 Å². The van der Waals surface area contributed by atoms with Crippen LogP contribution in [0.3, 0.4) is 0 Å². The first-order chi connectivity index (χ1) is 13.9. The Morgan fingerprint density at radius 1 is 1.28 bits per heavy atom. The average molecular weight is 396 g/mol. The van der Waals surface area contributed by atoms with Crippen molar-refractivity contribution in [3.05, 3.63) is 65.4 Å². The first kappa shape index (κ1) is 19.4. The Bertz CT molecular complexity index is 1040. The average Bonchev–Trinajstić information content (AvgIpc) is 3.15. The molecule has 6 nitrogen and oxygen atoms in total. The van der Waals surface area contributed by atoms with Gasteiger partial charge in [0, 0.05) is 36.2 Å². The van der Waals surface area contributed by atoms with Crippen molar-refractivity contribution in [3.63, 3.8) is 0 Å². The van der Waals surface area contributed by atoms with Crippen LogP contribution in [-0.2, 0) is 0 Å². The summed E-state index contributed by atoms with van der Waals surface area (Å²) in [5.74, 6) is -0.643. The largest absolute Gasteiger partial charge is 0.393 e. The smallest absolute Gasteiger partial charge is 0.271 e. The Balaban J connectivity index is 1.57. The van der Waals surface area contributed by atoms with Crippen LogP contribution >= 0.6 is 0 Å². The van der Waals surface area contributed by atoms with Crippen LogP contribution in [0, 0.1) is 12.7 Å². The van der Waals surface area contributed by atoms with E-state index in [0.717, 1.165) is 16.9 Å². The van der Waals surface area contributed by atoms with E-state index in [0.29, 0.717) is 37.3 Å². The summed E-state index contributed by atoms with van der Waals surface area (Å²) in [6, 6.07) is 9.96. The van der Waals surface area contributed by atoms with Crippen molar-refractivity contribution in [3.8, 4) is 0 Å². The zero-order chi connectivity index (χ0) is 20.5. The summed E-state index contributed by atoms with van der Waals surface area (Å²) in [4.78, 5) is 19.3. The maximum absolute atomic E-state index is 14.0. The quantitative estimate of drug-likeness (QED) is 0.710. The lowest BCUT2D eigenvalue weighted by Gasteiger charge is -2.34. The van der Waals surface area contributed by atoms with Crippen LogP contribution in [0.25, 0.3) is 5.65 Å². The number of aliphatic hydroxyl groups is 1. The number of halogens is 1. The summed E-state index contributed by atoms with van der Waals surface area (Å²) in [5, 5.41) is 12.7. The van der Waals surface area contributed by atoms with Crippen LogP contribution < -0.4 is 10.2 Å². The molecule has 1 unspecified atom stereocenters. The second-order valence-corrected chi connectivity index (χ2v) is 7.64. The third-order valence-electron chi connectivity index (χ3n) is 5.54. The molecule has 0 spiro atoms. The lowest BCUT2D eigenvalue weighted by atomic mass is 10.0. The van der Waals surface area contributed by atoms with E-state index in [1.807, 2.05) is 36.4 Å². The number of nitrogens with zero attached hydrogens (tertiary/aromatic N) is 3. The minimum Gasteiger partial charge on any atom is -0.393 e. The predicted molar refractivity (Wildman–Crippen MR) is 110 cm³/mol. The minimum atomic E-state index is -0.397. The number of rotatable bonds is 4. The van der Waals surface area contributed by atoms with Crippen molar-refractivity contribution in [2.75, 3.05) is 18.0 Å². The first-order valence-electron chi connectivity index (χ1n) is 9.90. The van der Waals surface area contributed by atoms with Crippen molar-refractivity contribution < 1.29 is 14.3 Å². The summed E-state index contributed by atoms with van der Waals surface area (Å²) in [5.41, 5.74) is 3.62. The number of fused-ring (bicyclic) bond motifs is 1. The van der Waals surface area contributed by atoms with Gasteiger partial charge in [-0.3, -0.25) is 4.79 Å². The zero-order valence-corrected chi connectivity index (χ0v) is 16.6. The molecule has 0 aliphatic carbocycles. The van der Waals surface area contributed by atoms with Crippen LogP contribution in [-0.4, -0.2) is 39.6 Å². The van der Waals surface area contributed by atoms with Crippen molar-refractivity contribution in [1.29, 1.82) is 0 Å². The van der Waals surface area contributed by atoms with E-state index in [2.05, 4.69) is 15.2 Å². The summed E-state index contributed by atoms with van der Waals surface area (Å²) in [6.45, 7) is 5.20. The molecule has 1 aromatic carbocycles. The number of anilines is 1. The number of aliphatic hydroxyl groups excluding tert-OH is 1. The molecular formula is C22H25FN4O2. The fraction of sp³-hybridized carbons (Fsp3) is 0.364. The molecule has 0 bridgehead atoms. The third kappa shape index (κ3) is 3.96. The van der Waals surface area contributed by atoms with E-state index in [4.69, 9.17) is 0 Å². The van der Waals surface area contributed by atoms with E-state index < -0.39 is 6.04 Å². The standard InChI is InChI=1S/C22H25FN4O2/c1-14-4-3-5-21-25-19(13-27(14)21)22(29)24-15(2)18-12-16(23)6-7-20(18)26-10-8-17(28)9-11-26/h3-7,12-13,15,17,28H,8-11H2,1-2H3,(H,24,29). The molecule has 0 saturated carbocycles. The number of pyridine rings is 1. The minimum absolute atomic E-state index is 0.286. The van der Waals surface area contributed by atoms with Crippen molar-refractivity contribution in [1.82, 2.24) is 14.7 Å². The summed E-state index contributed by atoms with van der Waals surface area (Å²) in [7, 11) is 0. The normalized spacial score (nSPS) is 16.2. The van der Waals surface area contributed by atoms with Crippen LogP contribution in [0.2, 0.25) is 0 Å². The van der Waals surface area contributed by atoms with E-state index in [9.17, 15) is 14.3 Å². The van der Waals surface area contributed by atoms with Crippen molar-refractivity contribution >= 4 is 17.2 Å². The molecule has 1 saturated heterocycles. The van der Waals surface area contributed by atoms with Gasteiger partial charge in [0.2, 0.25) is 0 Å². The number of aromatic nitrogens is 2. The number of piperidine rings is 1. The molecule has 3 heterocycles. The maximum Gasteiger partial charge on any atom is 0.271 e. The molecule has 1 aliphatic rings. The van der Waals surface area contributed by atoms with Crippen LogP contribution in [0.4, 0.5) is 10.1 Å². The molecular weight excluding hydrogens is 371 g/mol. The summed E-state index contributed by atoms with van der Waals surface area (Å²) < 4.78 is 15.9. The lowest BCUT2D eigenvalue weighted by molar-refractivity contribution is 0.0935. The van der Waals surface area contributed by atoms with Gasteiger partial charge in [0.1, 0.15) is 17.2 Å². The fourth-order valence-electron chi connectivity index (χ4n) is 3.87. The molecule has 1 aliphatic heterocycles. The van der Waals surface area contributed by atoms with E-state index >= 15 is 0 Å². The fourth-order valence-corrected chi connectivity index (χ4v) is 3.87. The Kier molecular flexibility index (Phi) is 5.24. The molecule has 1 atom stereocenters. The van der Waals surface area contributed by atoms with E-state index in [1.165, 1.54) is 12.1 Å². The number of imidazole rings is 1. The SMILES string of the molecule is Cc1cccc2nc(C(=O)NC(C)c3cc(F)ccc3N3CCC(O)CC3)cn12. The Labute approximate surface area is 169 Å². The first-order valence-corrected chi connectivity index (χ1v) is 9.90. The number of aryl methyl sites for hydroxylation is 1. The van der Waals surface area contributed by atoms with Crippen LogP contribution in [0.1, 0.15) is 47.6 Å². The zero-order valence-electron chi connectivity index (χ0n) is 16.6. The van der Waals surface area contributed by atoms with Crippen LogP contribution in [0.5, 0.6) is 0 Å². The van der Waals surface area contributed by atoms with Gasteiger partial charge in [-0.2, -0.15) is 0 Å². The number of amides is 1. The number of nitrogens with one attached hydrogen (secondary N) is 1. The summed E-state index contributed by atoms with van der Waals surface area (Å²) >= 11 is 0. The molecule has 29 heavy (non-hydrogen) atoms. The molecule has 2 N–H and O–H groups in total. The van der Waals surface area contributed by atoms with Gasteiger partial charge in [-0.1, -0.05) is 6.07 Å². The van der Waals surface area contributed by atoms with Gasteiger partial charge < -0.3 is 19.7 Å². The summed E-state index contributed by atoms with van der Waals surface area (Å²) in [6.07, 6.45) is 2.78. The molecule has 152 valence electrons. The van der Waals surface area contributed by atoms with Gasteiger partial charge >= 0.3 is 0 Å². The second kappa shape index (κ2) is 7.83.